The molecule has 1 N–H and O–H groups in total. The van der Waals surface area contributed by atoms with Crippen molar-refractivity contribution < 1.29 is 14.3 Å². The number of carbonyl (C=O) groups is 2. The fraction of sp³-hybridized carbons (Fsp3) is 0.250. The fourth-order valence-corrected chi connectivity index (χ4v) is 2.71. The zero-order chi connectivity index (χ0) is 16.3. The van der Waals surface area contributed by atoms with E-state index in [0.29, 0.717) is 45.3 Å². The number of nitrogens with one attached hydrogen (secondary N) is 1. The first-order valence-corrected chi connectivity index (χ1v) is 7.51. The number of rotatable bonds is 5. The number of aromatic nitrogens is 1. The van der Waals surface area contributed by atoms with Gasteiger partial charge in [-0.05, 0) is 43.2 Å². The highest BCUT2D eigenvalue weighted by Gasteiger charge is 2.22. The summed E-state index contributed by atoms with van der Waals surface area (Å²) in [4.78, 5) is 26.3. The van der Waals surface area contributed by atoms with Crippen molar-refractivity contribution >= 4 is 35.5 Å². The van der Waals surface area contributed by atoms with Gasteiger partial charge in [-0.15, -0.1) is 0 Å². The average Bonchev–Trinajstić information content (AvgIpc) is 2.79. The van der Waals surface area contributed by atoms with Crippen molar-refractivity contribution in [3.63, 3.8) is 0 Å². The molecule has 0 aliphatic rings. The summed E-state index contributed by atoms with van der Waals surface area (Å²) in [5.74, 6) is -0.461. The van der Waals surface area contributed by atoms with Gasteiger partial charge in [0.05, 0.1) is 17.9 Å². The highest BCUT2D eigenvalue weighted by atomic mass is 35.5. The summed E-state index contributed by atoms with van der Waals surface area (Å²) >= 11 is 12.2. The number of aromatic amines is 1. The Hall–Kier alpha value is -1.78. The molecule has 0 unspecified atom stereocenters. The maximum Gasteiger partial charge on any atom is 0.340 e. The Morgan fingerprint density at radius 2 is 2.09 bits per heavy atom. The lowest BCUT2D eigenvalue weighted by molar-refractivity contribution is 0.0524. The molecule has 0 radical (unpaired) electrons. The summed E-state index contributed by atoms with van der Waals surface area (Å²) in [6.07, 6.45) is 0.996. The molecule has 1 heterocycles. The summed E-state index contributed by atoms with van der Waals surface area (Å²) in [6.45, 7) is 3.72. The molecule has 0 amide bonds. The zero-order valence-corrected chi connectivity index (χ0v) is 13.7. The number of hydrogen-bond donors (Lipinski definition) is 1. The van der Waals surface area contributed by atoms with E-state index in [-0.39, 0.29) is 6.61 Å². The van der Waals surface area contributed by atoms with Crippen LogP contribution in [0.2, 0.25) is 10.0 Å². The first-order valence-electron chi connectivity index (χ1n) is 6.75. The van der Waals surface area contributed by atoms with E-state index in [1.54, 1.807) is 32.0 Å². The van der Waals surface area contributed by atoms with Crippen LogP contribution < -0.4 is 0 Å². The van der Waals surface area contributed by atoms with Crippen molar-refractivity contribution in [2.24, 2.45) is 0 Å². The number of halogens is 2. The summed E-state index contributed by atoms with van der Waals surface area (Å²) in [5, 5.41) is 1.06. The molecule has 116 valence electrons. The van der Waals surface area contributed by atoms with E-state index in [0.717, 1.165) is 5.56 Å². The molecule has 0 fully saturated rings. The highest BCUT2D eigenvalue weighted by molar-refractivity contribution is 6.33. The molecule has 1 aromatic carbocycles. The summed E-state index contributed by atoms with van der Waals surface area (Å²) in [7, 11) is 0. The Morgan fingerprint density at radius 3 is 2.73 bits per heavy atom. The number of benzene rings is 1. The van der Waals surface area contributed by atoms with Gasteiger partial charge in [0.1, 0.15) is 0 Å². The van der Waals surface area contributed by atoms with E-state index in [9.17, 15) is 9.59 Å². The van der Waals surface area contributed by atoms with Gasteiger partial charge in [-0.25, -0.2) is 4.79 Å². The molecular weight excluding hydrogens is 325 g/mol. The predicted molar refractivity (Wildman–Crippen MR) is 86.1 cm³/mol. The van der Waals surface area contributed by atoms with Gasteiger partial charge in [-0.1, -0.05) is 23.2 Å². The van der Waals surface area contributed by atoms with E-state index in [1.807, 2.05) is 0 Å². The van der Waals surface area contributed by atoms with Crippen LogP contribution in [0.1, 0.15) is 44.6 Å². The molecule has 0 spiro atoms. The molecule has 2 aromatic rings. The van der Waals surface area contributed by atoms with Gasteiger partial charge >= 0.3 is 5.97 Å². The third-order valence-electron chi connectivity index (χ3n) is 3.30. The fourth-order valence-electron chi connectivity index (χ4n) is 2.33. The quantitative estimate of drug-likeness (QED) is 0.655. The molecule has 0 bridgehead atoms. The SMILES string of the molecule is CCOC(=O)c1c(C)[nH]c(C=O)c1Cc1cc(Cl)ccc1Cl. The number of esters is 1. The van der Waals surface area contributed by atoms with Gasteiger partial charge in [-0.2, -0.15) is 0 Å². The highest BCUT2D eigenvalue weighted by Crippen LogP contribution is 2.27. The van der Waals surface area contributed by atoms with Gasteiger partial charge < -0.3 is 9.72 Å². The molecule has 6 heteroatoms. The normalized spacial score (nSPS) is 10.5. The minimum atomic E-state index is -0.461. The molecule has 0 atom stereocenters. The maximum absolute atomic E-state index is 12.1. The Morgan fingerprint density at radius 1 is 1.36 bits per heavy atom. The summed E-state index contributed by atoms with van der Waals surface area (Å²) in [5.41, 5.74) is 2.61. The third kappa shape index (κ3) is 3.34. The summed E-state index contributed by atoms with van der Waals surface area (Å²) in [6, 6.07) is 5.09. The molecule has 2 rings (SSSR count). The van der Waals surface area contributed by atoms with E-state index >= 15 is 0 Å². The Labute approximate surface area is 138 Å². The van der Waals surface area contributed by atoms with Crippen LogP contribution in [0.4, 0.5) is 0 Å². The lowest BCUT2D eigenvalue weighted by Crippen LogP contribution is -2.09. The van der Waals surface area contributed by atoms with Crippen LogP contribution in [0.15, 0.2) is 18.2 Å². The number of ether oxygens (including phenoxy) is 1. The van der Waals surface area contributed by atoms with Gasteiger partial charge in [0.2, 0.25) is 0 Å². The molecule has 4 nitrogen and oxygen atoms in total. The number of aryl methyl sites for hydroxylation is 1. The molecule has 22 heavy (non-hydrogen) atoms. The van der Waals surface area contributed by atoms with Crippen LogP contribution in [0.25, 0.3) is 0 Å². The largest absolute Gasteiger partial charge is 0.462 e. The molecule has 1 aromatic heterocycles. The average molecular weight is 340 g/mol. The first kappa shape index (κ1) is 16.6. The number of H-pyrrole nitrogens is 1. The maximum atomic E-state index is 12.1. The van der Waals surface area contributed by atoms with Crippen molar-refractivity contribution in [3.05, 3.63) is 56.3 Å². The molecule has 0 aliphatic carbocycles. The third-order valence-corrected chi connectivity index (χ3v) is 3.90. The van der Waals surface area contributed by atoms with Crippen LogP contribution >= 0.6 is 23.2 Å². The first-order chi connectivity index (χ1) is 10.5. The second kappa shape index (κ2) is 6.99. The molecular formula is C16H15Cl2NO3. The van der Waals surface area contributed by atoms with E-state index in [4.69, 9.17) is 27.9 Å². The Balaban J connectivity index is 2.51. The minimum absolute atomic E-state index is 0.261. The lowest BCUT2D eigenvalue weighted by atomic mass is 10.0. The topological polar surface area (TPSA) is 59.2 Å². The molecule has 0 aliphatic heterocycles. The van der Waals surface area contributed by atoms with Gasteiger partial charge in [0, 0.05) is 22.2 Å². The van der Waals surface area contributed by atoms with E-state index < -0.39 is 5.97 Å². The van der Waals surface area contributed by atoms with Gasteiger partial charge in [0.25, 0.3) is 0 Å². The zero-order valence-electron chi connectivity index (χ0n) is 12.2. The van der Waals surface area contributed by atoms with Crippen LogP contribution in [0.3, 0.4) is 0 Å². The number of carbonyl (C=O) groups excluding carboxylic acids is 2. The smallest absolute Gasteiger partial charge is 0.340 e. The van der Waals surface area contributed by atoms with Gasteiger partial charge in [-0.3, -0.25) is 4.79 Å². The predicted octanol–water partition coefficient (Wildman–Crippen LogP) is 4.21. The standard InChI is InChI=1S/C16H15Cl2NO3/c1-3-22-16(21)15-9(2)19-14(8-20)12(15)7-10-6-11(17)4-5-13(10)18/h4-6,8,19H,3,7H2,1-2H3. The van der Waals surface area contributed by atoms with Crippen LogP contribution in [0, 0.1) is 6.92 Å². The van der Waals surface area contributed by atoms with Crippen molar-refractivity contribution in [3.8, 4) is 0 Å². The second-order valence-electron chi connectivity index (χ2n) is 4.77. The Kier molecular flexibility index (Phi) is 5.27. The van der Waals surface area contributed by atoms with Crippen molar-refractivity contribution in [2.45, 2.75) is 20.3 Å². The molecule has 0 saturated heterocycles. The minimum Gasteiger partial charge on any atom is -0.462 e. The van der Waals surface area contributed by atoms with Crippen LogP contribution in [-0.4, -0.2) is 23.8 Å². The monoisotopic (exact) mass is 339 g/mol. The van der Waals surface area contributed by atoms with Crippen LogP contribution in [-0.2, 0) is 11.2 Å². The number of hydrogen-bond acceptors (Lipinski definition) is 3. The van der Waals surface area contributed by atoms with Crippen molar-refractivity contribution in [2.75, 3.05) is 6.61 Å². The van der Waals surface area contributed by atoms with Crippen molar-refractivity contribution in [1.82, 2.24) is 4.98 Å². The van der Waals surface area contributed by atoms with E-state index in [1.165, 1.54) is 0 Å². The van der Waals surface area contributed by atoms with Gasteiger partial charge in [0.15, 0.2) is 6.29 Å². The van der Waals surface area contributed by atoms with E-state index in [2.05, 4.69) is 4.98 Å². The second-order valence-corrected chi connectivity index (χ2v) is 5.61. The van der Waals surface area contributed by atoms with Crippen LogP contribution in [0.5, 0.6) is 0 Å². The lowest BCUT2D eigenvalue weighted by Gasteiger charge is -2.08. The number of aldehydes is 1. The Bertz CT molecular complexity index is 722. The van der Waals surface area contributed by atoms with Crippen molar-refractivity contribution in [1.29, 1.82) is 0 Å². The summed E-state index contributed by atoms with van der Waals surface area (Å²) < 4.78 is 5.07. The molecule has 0 saturated carbocycles.